The van der Waals surface area contributed by atoms with Crippen molar-refractivity contribution in [2.24, 2.45) is 10.7 Å². The van der Waals surface area contributed by atoms with E-state index in [0.717, 1.165) is 0 Å². The number of amidine groups is 1. The number of pyridine rings is 1. The smallest absolute Gasteiger partial charge is 0.288 e. The van der Waals surface area contributed by atoms with Crippen LogP contribution in [0.15, 0.2) is 53.4 Å². The topological polar surface area (TPSA) is 113 Å². The van der Waals surface area contributed by atoms with Gasteiger partial charge in [-0.1, -0.05) is 19.1 Å². The van der Waals surface area contributed by atoms with Crippen molar-refractivity contribution in [3.05, 3.63) is 70.7 Å². The zero-order chi connectivity index (χ0) is 21.0. The lowest BCUT2D eigenvalue weighted by Gasteiger charge is -2.27. The maximum atomic E-state index is 13.1. The number of aryl methyl sites for hydroxylation is 1. The number of carbonyl (C=O) groups excluding carboxylic acids is 1. The molecule has 3 rings (SSSR count). The van der Waals surface area contributed by atoms with E-state index < -0.39 is 12.2 Å². The zero-order valence-electron chi connectivity index (χ0n) is 16.1. The van der Waals surface area contributed by atoms with Crippen LogP contribution < -0.4 is 11.1 Å². The summed E-state index contributed by atoms with van der Waals surface area (Å²) in [6, 6.07) is 10.6. The van der Waals surface area contributed by atoms with Gasteiger partial charge in [-0.3, -0.25) is 4.79 Å². The number of alkyl halides is 1. The first kappa shape index (κ1) is 20.0. The molecule has 1 aromatic heterocycles. The molecule has 1 aliphatic rings. The molecule has 0 unspecified atom stereocenters. The van der Waals surface area contributed by atoms with Crippen molar-refractivity contribution in [1.82, 2.24) is 4.98 Å². The molecular formula is C21H20FN5O2. The van der Waals surface area contributed by atoms with Gasteiger partial charge in [-0.2, -0.15) is 5.26 Å². The second kappa shape index (κ2) is 8.10. The Kier molecular flexibility index (Phi) is 5.59. The Labute approximate surface area is 167 Å². The Hall–Kier alpha value is -3.73. The van der Waals surface area contributed by atoms with E-state index in [-0.39, 0.29) is 23.4 Å². The SMILES string of the molecule is CCc1cc(C#N)cnc1C(=O)Nc1cccc([C@]2(C)C=C(CF)OC(N)=N2)c1. The average Bonchev–Trinajstić information content (AvgIpc) is 2.72. The number of hydrogen-bond acceptors (Lipinski definition) is 6. The molecule has 1 aliphatic heterocycles. The molecule has 0 fully saturated rings. The molecule has 3 N–H and O–H groups in total. The minimum atomic E-state index is -0.925. The van der Waals surface area contributed by atoms with Crippen LogP contribution in [0.1, 0.15) is 41.0 Å². The van der Waals surface area contributed by atoms with Crippen molar-refractivity contribution in [3.8, 4) is 6.07 Å². The summed E-state index contributed by atoms with van der Waals surface area (Å²) in [6.45, 7) is 2.86. The van der Waals surface area contributed by atoms with Crippen LogP contribution in [-0.4, -0.2) is 23.6 Å². The molecule has 0 saturated heterocycles. The highest BCUT2D eigenvalue weighted by molar-refractivity contribution is 6.04. The Morgan fingerprint density at radius 1 is 1.41 bits per heavy atom. The molecule has 0 aliphatic carbocycles. The van der Waals surface area contributed by atoms with E-state index in [2.05, 4.69) is 15.3 Å². The third-order valence-corrected chi connectivity index (χ3v) is 4.55. The van der Waals surface area contributed by atoms with Crippen molar-refractivity contribution in [2.75, 3.05) is 12.0 Å². The van der Waals surface area contributed by atoms with E-state index in [0.29, 0.717) is 28.8 Å². The fraction of sp³-hybridized carbons (Fsp3) is 0.238. The summed E-state index contributed by atoms with van der Waals surface area (Å²) in [5, 5.41) is 11.8. The molecule has 0 radical (unpaired) electrons. The van der Waals surface area contributed by atoms with Gasteiger partial charge in [-0.15, -0.1) is 0 Å². The fourth-order valence-corrected chi connectivity index (χ4v) is 3.12. The lowest BCUT2D eigenvalue weighted by Crippen LogP contribution is -2.30. The molecular weight excluding hydrogens is 373 g/mol. The van der Waals surface area contributed by atoms with Crippen LogP contribution in [0.4, 0.5) is 10.1 Å². The highest BCUT2D eigenvalue weighted by atomic mass is 19.1. The number of hydrogen-bond donors (Lipinski definition) is 2. The zero-order valence-corrected chi connectivity index (χ0v) is 16.1. The lowest BCUT2D eigenvalue weighted by molar-refractivity contribution is 0.102. The number of nitrogens with two attached hydrogens (primary N) is 1. The van der Waals surface area contributed by atoms with Crippen LogP contribution in [0, 0.1) is 11.3 Å². The second-order valence-electron chi connectivity index (χ2n) is 6.68. The lowest BCUT2D eigenvalue weighted by atomic mass is 9.91. The first-order chi connectivity index (χ1) is 13.9. The highest BCUT2D eigenvalue weighted by Crippen LogP contribution is 2.33. The largest absolute Gasteiger partial charge is 0.428 e. The predicted molar refractivity (Wildman–Crippen MR) is 107 cm³/mol. The van der Waals surface area contributed by atoms with Crippen molar-refractivity contribution in [2.45, 2.75) is 25.8 Å². The van der Waals surface area contributed by atoms with Gasteiger partial charge in [0.05, 0.1) is 5.56 Å². The van der Waals surface area contributed by atoms with Gasteiger partial charge in [0.2, 0.25) is 0 Å². The summed E-state index contributed by atoms with van der Waals surface area (Å²) in [5.41, 5.74) is 7.33. The van der Waals surface area contributed by atoms with Crippen LogP contribution in [0.5, 0.6) is 0 Å². The van der Waals surface area contributed by atoms with Crippen molar-refractivity contribution < 1.29 is 13.9 Å². The van der Waals surface area contributed by atoms with E-state index in [4.69, 9.17) is 15.7 Å². The number of amides is 1. The number of rotatable bonds is 5. The average molecular weight is 393 g/mol. The Morgan fingerprint density at radius 3 is 2.90 bits per heavy atom. The van der Waals surface area contributed by atoms with Crippen LogP contribution in [0.25, 0.3) is 0 Å². The van der Waals surface area contributed by atoms with E-state index in [1.807, 2.05) is 19.1 Å². The van der Waals surface area contributed by atoms with Crippen LogP contribution in [0.3, 0.4) is 0 Å². The summed E-state index contributed by atoms with van der Waals surface area (Å²) in [4.78, 5) is 21.1. The summed E-state index contributed by atoms with van der Waals surface area (Å²) < 4.78 is 18.2. The fourth-order valence-electron chi connectivity index (χ4n) is 3.12. The maximum Gasteiger partial charge on any atom is 0.288 e. The molecule has 0 spiro atoms. The molecule has 0 bridgehead atoms. The third kappa shape index (κ3) is 4.24. The number of halogens is 1. The number of nitriles is 1. The number of anilines is 1. The van der Waals surface area contributed by atoms with Gasteiger partial charge in [0.15, 0.2) is 0 Å². The predicted octanol–water partition coefficient (Wildman–Crippen LogP) is 3.18. The molecule has 2 heterocycles. The molecule has 1 amide bonds. The van der Waals surface area contributed by atoms with Gasteiger partial charge >= 0.3 is 0 Å². The summed E-state index contributed by atoms with van der Waals surface area (Å²) in [7, 11) is 0. The van der Waals surface area contributed by atoms with Gasteiger partial charge in [-0.05, 0) is 48.7 Å². The van der Waals surface area contributed by atoms with Crippen LogP contribution in [0.2, 0.25) is 0 Å². The first-order valence-corrected chi connectivity index (χ1v) is 9.00. The molecule has 29 heavy (non-hydrogen) atoms. The molecule has 8 heteroatoms. The quantitative estimate of drug-likeness (QED) is 0.810. The number of nitrogens with zero attached hydrogens (tertiary/aromatic N) is 3. The van der Waals surface area contributed by atoms with Crippen molar-refractivity contribution in [1.29, 1.82) is 5.26 Å². The maximum absolute atomic E-state index is 13.1. The molecule has 1 aromatic carbocycles. The normalized spacial score (nSPS) is 18.1. The van der Waals surface area contributed by atoms with Crippen LogP contribution in [-0.2, 0) is 16.7 Å². The van der Waals surface area contributed by atoms with Gasteiger partial charge in [0.1, 0.15) is 29.7 Å². The Morgan fingerprint density at radius 2 is 2.21 bits per heavy atom. The number of aliphatic imine (C=N–C) groups is 1. The number of nitrogens with one attached hydrogen (secondary N) is 1. The van der Waals surface area contributed by atoms with Crippen molar-refractivity contribution in [3.63, 3.8) is 0 Å². The second-order valence-corrected chi connectivity index (χ2v) is 6.68. The molecule has 7 nitrogen and oxygen atoms in total. The Bertz CT molecular complexity index is 1060. The van der Waals surface area contributed by atoms with Gasteiger partial charge in [0, 0.05) is 11.9 Å². The van der Waals surface area contributed by atoms with E-state index in [1.54, 1.807) is 37.3 Å². The number of benzene rings is 1. The number of aromatic nitrogens is 1. The highest BCUT2D eigenvalue weighted by Gasteiger charge is 2.30. The Balaban J connectivity index is 1.89. The number of allylic oxidation sites excluding steroid dienone is 1. The number of ether oxygens (including phenoxy) is 1. The first-order valence-electron chi connectivity index (χ1n) is 9.00. The molecule has 1 atom stereocenters. The summed E-state index contributed by atoms with van der Waals surface area (Å²) in [6.07, 6.45) is 3.49. The standard InChI is InChI=1S/C21H20FN5O2/c1-3-14-7-13(11-23)12-25-18(14)19(28)26-16-6-4-5-15(8-16)21(2)9-17(10-22)29-20(24)27-21/h4-9,12H,3,10H2,1-2H3,(H2,24,27)(H,26,28)/t21-/m0/s1. The van der Waals surface area contributed by atoms with E-state index >= 15 is 0 Å². The van der Waals surface area contributed by atoms with Crippen LogP contribution >= 0.6 is 0 Å². The van der Waals surface area contributed by atoms with Gasteiger partial charge in [-0.25, -0.2) is 14.4 Å². The molecule has 0 saturated carbocycles. The third-order valence-electron chi connectivity index (χ3n) is 4.55. The van der Waals surface area contributed by atoms with Gasteiger partial charge < -0.3 is 15.8 Å². The van der Waals surface area contributed by atoms with Crippen molar-refractivity contribution >= 4 is 17.6 Å². The molecule has 2 aromatic rings. The van der Waals surface area contributed by atoms with Gasteiger partial charge in [0.25, 0.3) is 11.9 Å². The summed E-state index contributed by atoms with van der Waals surface area (Å²) in [5.74, 6) is -0.299. The van der Waals surface area contributed by atoms with E-state index in [1.165, 1.54) is 6.20 Å². The minimum Gasteiger partial charge on any atom is -0.428 e. The molecule has 148 valence electrons. The minimum absolute atomic E-state index is 0.0869. The monoisotopic (exact) mass is 393 g/mol. The number of carbonyl (C=O) groups is 1. The summed E-state index contributed by atoms with van der Waals surface area (Å²) >= 11 is 0. The van der Waals surface area contributed by atoms with E-state index in [9.17, 15) is 9.18 Å².